The number of likely N-dealkylation sites (N-methyl/N-ethyl adjacent to an activating group) is 1. The highest BCUT2D eigenvalue weighted by molar-refractivity contribution is 5.67. The molecule has 6 nitrogen and oxygen atoms in total. The second-order valence-electron chi connectivity index (χ2n) is 6.43. The van der Waals surface area contributed by atoms with E-state index in [0.717, 1.165) is 29.9 Å². The van der Waals surface area contributed by atoms with Crippen molar-refractivity contribution in [3.63, 3.8) is 0 Å². The van der Waals surface area contributed by atoms with E-state index < -0.39 is 11.7 Å². The van der Waals surface area contributed by atoms with Gasteiger partial charge in [0.2, 0.25) is 0 Å². The quantitative estimate of drug-likeness (QED) is 0.669. The highest BCUT2D eigenvalue weighted by Gasteiger charge is 2.16. The number of nitrogens with one attached hydrogen (secondary N) is 1. The van der Waals surface area contributed by atoms with Crippen LogP contribution in [0.25, 0.3) is 0 Å². The van der Waals surface area contributed by atoms with Crippen LogP contribution in [0.1, 0.15) is 33.3 Å². The Morgan fingerprint density at radius 3 is 2.61 bits per heavy atom. The Kier molecular flexibility index (Phi) is 7.16. The van der Waals surface area contributed by atoms with Crippen LogP contribution in [0.4, 0.5) is 16.2 Å². The third-order valence-electron chi connectivity index (χ3n) is 3.34. The summed E-state index contributed by atoms with van der Waals surface area (Å²) in [5, 5.41) is 2.78. The SMILES string of the molecule is CCN(CCNC(=O)OC(C)(C)C)c1ccc(N)c(CCN)c1. The van der Waals surface area contributed by atoms with Gasteiger partial charge in [0.05, 0.1) is 0 Å². The van der Waals surface area contributed by atoms with E-state index in [9.17, 15) is 4.79 Å². The Morgan fingerprint density at radius 2 is 2.04 bits per heavy atom. The molecule has 0 heterocycles. The number of anilines is 2. The van der Waals surface area contributed by atoms with Gasteiger partial charge in [0.25, 0.3) is 0 Å². The van der Waals surface area contributed by atoms with Gasteiger partial charge in [-0.1, -0.05) is 0 Å². The minimum Gasteiger partial charge on any atom is -0.444 e. The number of nitrogen functional groups attached to an aromatic ring is 1. The van der Waals surface area contributed by atoms with Gasteiger partial charge in [-0.2, -0.15) is 0 Å². The van der Waals surface area contributed by atoms with Crippen LogP contribution in [0.15, 0.2) is 18.2 Å². The molecule has 0 saturated carbocycles. The largest absolute Gasteiger partial charge is 0.444 e. The molecular weight excluding hydrogens is 292 g/mol. The van der Waals surface area contributed by atoms with Gasteiger partial charge >= 0.3 is 6.09 Å². The van der Waals surface area contributed by atoms with E-state index in [-0.39, 0.29) is 0 Å². The van der Waals surface area contributed by atoms with Gasteiger partial charge in [-0.25, -0.2) is 4.79 Å². The van der Waals surface area contributed by atoms with Crippen LogP contribution in [-0.2, 0) is 11.2 Å². The fourth-order valence-electron chi connectivity index (χ4n) is 2.24. The first kappa shape index (κ1) is 19.1. The molecule has 0 aliphatic carbocycles. The van der Waals surface area contributed by atoms with Gasteiger partial charge in [0.1, 0.15) is 5.60 Å². The number of nitrogens with two attached hydrogens (primary N) is 2. The van der Waals surface area contributed by atoms with Crippen molar-refractivity contribution in [1.29, 1.82) is 0 Å². The zero-order valence-corrected chi connectivity index (χ0v) is 14.7. The lowest BCUT2D eigenvalue weighted by atomic mass is 10.1. The summed E-state index contributed by atoms with van der Waals surface area (Å²) in [6.07, 6.45) is 0.364. The summed E-state index contributed by atoms with van der Waals surface area (Å²) in [6, 6.07) is 5.97. The van der Waals surface area contributed by atoms with Crippen molar-refractivity contribution in [1.82, 2.24) is 5.32 Å². The van der Waals surface area contributed by atoms with Crippen LogP contribution < -0.4 is 21.7 Å². The van der Waals surface area contributed by atoms with Gasteiger partial charge in [-0.3, -0.25) is 0 Å². The van der Waals surface area contributed by atoms with Crippen LogP contribution in [0, 0.1) is 0 Å². The molecular formula is C17H30N4O2. The average molecular weight is 322 g/mol. The third kappa shape index (κ3) is 6.78. The molecule has 0 atom stereocenters. The lowest BCUT2D eigenvalue weighted by Crippen LogP contribution is -2.38. The number of amides is 1. The summed E-state index contributed by atoms with van der Waals surface area (Å²) in [4.78, 5) is 13.8. The molecule has 6 heteroatoms. The molecule has 1 rings (SSSR count). The van der Waals surface area contributed by atoms with Crippen molar-refractivity contribution in [3.05, 3.63) is 23.8 Å². The number of carbonyl (C=O) groups excluding carboxylic acids is 1. The number of ether oxygens (including phenoxy) is 1. The lowest BCUT2D eigenvalue weighted by Gasteiger charge is -2.25. The van der Waals surface area contributed by atoms with Crippen molar-refractivity contribution < 1.29 is 9.53 Å². The van der Waals surface area contributed by atoms with Gasteiger partial charge in [-0.15, -0.1) is 0 Å². The maximum Gasteiger partial charge on any atom is 0.407 e. The highest BCUT2D eigenvalue weighted by Crippen LogP contribution is 2.21. The molecule has 0 radical (unpaired) electrons. The first-order valence-electron chi connectivity index (χ1n) is 8.07. The number of hydrogen-bond donors (Lipinski definition) is 3. The Morgan fingerprint density at radius 1 is 1.35 bits per heavy atom. The standard InChI is InChI=1S/C17H30N4O2/c1-5-21(11-10-20-16(22)23-17(2,3)4)14-6-7-15(19)13(12-14)8-9-18/h6-7,12H,5,8-11,18-19H2,1-4H3,(H,20,22). The molecule has 1 aromatic carbocycles. The molecule has 0 aromatic heterocycles. The second kappa shape index (κ2) is 8.62. The highest BCUT2D eigenvalue weighted by atomic mass is 16.6. The van der Waals surface area contributed by atoms with E-state index >= 15 is 0 Å². The number of hydrogen-bond acceptors (Lipinski definition) is 5. The number of carbonyl (C=O) groups is 1. The molecule has 1 amide bonds. The molecule has 0 aliphatic rings. The third-order valence-corrected chi connectivity index (χ3v) is 3.34. The van der Waals surface area contributed by atoms with E-state index in [1.807, 2.05) is 32.9 Å². The van der Waals surface area contributed by atoms with Crippen LogP contribution >= 0.6 is 0 Å². The number of rotatable bonds is 7. The fraction of sp³-hybridized carbons (Fsp3) is 0.588. The maximum absolute atomic E-state index is 11.7. The van der Waals surface area contributed by atoms with Crippen molar-refractivity contribution in [2.45, 2.75) is 39.7 Å². The molecule has 23 heavy (non-hydrogen) atoms. The van der Waals surface area contributed by atoms with Gasteiger partial charge in [0.15, 0.2) is 0 Å². The summed E-state index contributed by atoms with van der Waals surface area (Å²) < 4.78 is 5.23. The predicted octanol–water partition coefficient (Wildman–Crippen LogP) is 2.12. The Labute approximate surface area is 139 Å². The van der Waals surface area contributed by atoms with E-state index in [1.54, 1.807) is 0 Å². The number of alkyl carbamates (subject to hydrolysis) is 1. The van der Waals surface area contributed by atoms with Gasteiger partial charge in [0, 0.05) is 31.0 Å². The minimum absolute atomic E-state index is 0.394. The van der Waals surface area contributed by atoms with Crippen LogP contribution in [0.5, 0.6) is 0 Å². The van der Waals surface area contributed by atoms with Crippen LogP contribution in [0.3, 0.4) is 0 Å². The van der Waals surface area contributed by atoms with Crippen molar-refractivity contribution in [2.24, 2.45) is 5.73 Å². The molecule has 0 unspecified atom stereocenters. The molecule has 0 fully saturated rings. The first-order valence-corrected chi connectivity index (χ1v) is 8.07. The minimum atomic E-state index is -0.484. The maximum atomic E-state index is 11.7. The van der Waals surface area contributed by atoms with Crippen molar-refractivity contribution in [2.75, 3.05) is 36.8 Å². The molecule has 130 valence electrons. The van der Waals surface area contributed by atoms with Crippen LogP contribution in [-0.4, -0.2) is 37.9 Å². The molecule has 0 aliphatic heterocycles. The first-order chi connectivity index (χ1) is 10.8. The monoisotopic (exact) mass is 322 g/mol. The van der Waals surface area contributed by atoms with Gasteiger partial charge < -0.3 is 26.4 Å². The Hall–Kier alpha value is -1.95. The molecule has 1 aromatic rings. The Balaban J connectivity index is 2.60. The van der Waals surface area contributed by atoms with E-state index in [0.29, 0.717) is 19.6 Å². The topological polar surface area (TPSA) is 93.6 Å². The zero-order valence-electron chi connectivity index (χ0n) is 14.7. The number of benzene rings is 1. The van der Waals surface area contributed by atoms with E-state index in [4.69, 9.17) is 16.2 Å². The Bertz CT molecular complexity index is 512. The normalized spacial score (nSPS) is 11.2. The predicted molar refractivity (Wildman–Crippen MR) is 95.7 cm³/mol. The van der Waals surface area contributed by atoms with Crippen LogP contribution in [0.2, 0.25) is 0 Å². The smallest absolute Gasteiger partial charge is 0.407 e. The summed E-state index contributed by atoms with van der Waals surface area (Å²) in [6.45, 7) is 10.2. The molecule has 0 bridgehead atoms. The van der Waals surface area contributed by atoms with Crippen molar-refractivity contribution in [3.8, 4) is 0 Å². The molecule has 5 N–H and O–H groups in total. The average Bonchev–Trinajstić information content (AvgIpc) is 2.44. The second-order valence-corrected chi connectivity index (χ2v) is 6.43. The summed E-state index contributed by atoms with van der Waals surface area (Å²) >= 11 is 0. The molecule has 0 saturated heterocycles. The fourth-order valence-corrected chi connectivity index (χ4v) is 2.24. The summed E-state index contributed by atoms with van der Waals surface area (Å²) in [5.41, 5.74) is 14.0. The van der Waals surface area contributed by atoms with E-state index in [1.165, 1.54) is 0 Å². The zero-order chi connectivity index (χ0) is 17.5. The van der Waals surface area contributed by atoms with E-state index in [2.05, 4.69) is 23.2 Å². The summed E-state index contributed by atoms with van der Waals surface area (Å²) in [7, 11) is 0. The van der Waals surface area contributed by atoms with Crippen molar-refractivity contribution >= 4 is 17.5 Å². The summed E-state index contributed by atoms with van der Waals surface area (Å²) in [5.74, 6) is 0. The van der Waals surface area contributed by atoms with Gasteiger partial charge in [-0.05, 0) is 64.4 Å². The number of nitrogens with zero attached hydrogens (tertiary/aromatic N) is 1. The molecule has 0 spiro atoms. The lowest BCUT2D eigenvalue weighted by molar-refractivity contribution is 0.0529.